The lowest BCUT2D eigenvalue weighted by Gasteiger charge is -2.35. The second-order valence-electron chi connectivity index (χ2n) is 12.3. The Bertz CT molecular complexity index is 1470. The van der Waals surface area contributed by atoms with Crippen molar-refractivity contribution in [1.82, 2.24) is 4.90 Å². The summed E-state index contributed by atoms with van der Waals surface area (Å²) in [5.74, 6) is -1.09. The summed E-state index contributed by atoms with van der Waals surface area (Å²) in [5, 5.41) is 27.1. The SMILES string of the molecule is COc1cc2c(c(F)c1OC)C(=N)N(CC(=O)c1cc(N3CCC(C#N)CC3)c(OCCCCC(=O)O)c(C(C)(C)C)c1)C2. The number of rotatable bonds is 12. The second kappa shape index (κ2) is 13.5. The topological polar surface area (TPSA) is 136 Å². The van der Waals surface area contributed by atoms with Crippen LogP contribution in [0.25, 0.3) is 0 Å². The van der Waals surface area contributed by atoms with E-state index >= 15 is 4.39 Å². The van der Waals surface area contributed by atoms with Gasteiger partial charge in [-0.05, 0) is 54.9 Å². The van der Waals surface area contributed by atoms with E-state index in [2.05, 4.69) is 11.0 Å². The first kappa shape index (κ1) is 32.6. The van der Waals surface area contributed by atoms with Crippen molar-refractivity contribution < 1.29 is 33.3 Å². The number of ketones is 1. The smallest absolute Gasteiger partial charge is 0.303 e. The number of anilines is 1. The van der Waals surface area contributed by atoms with Crippen molar-refractivity contribution in [3.8, 4) is 23.3 Å². The number of carbonyl (C=O) groups is 2. The molecule has 2 aliphatic rings. The molecule has 2 heterocycles. The van der Waals surface area contributed by atoms with E-state index in [1.807, 2.05) is 32.9 Å². The van der Waals surface area contributed by atoms with Crippen molar-refractivity contribution >= 4 is 23.3 Å². The third kappa shape index (κ3) is 6.90. The molecule has 2 aliphatic heterocycles. The molecule has 11 heteroatoms. The minimum Gasteiger partial charge on any atom is -0.493 e. The van der Waals surface area contributed by atoms with Crippen molar-refractivity contribution in [2.45, 2.75) is 64.8 Å². The van der Waals surface area contributed by atoms with Crippen LogP contribution in [-0.4, -0.2) is 68.1 Å². The van der Waals surface area contributed by atoms with Gasteiger partial charge in [0.2, 0.25) is 0 Å². The standard InChI is InChI=1S/C33H41FN4O6/c1-33(2,3)23-14-21(25(39)19-38-18-22-16-26(42-4)31(43-5)29(34)28(22)32(38)36)15-24(37-11-9-20(17-35)10-12-37)30(23)44-13-7-6-8-27(40)41/h14-16,20,36H,6-13,18-19H2,1-5H3,(H,40,41). The van der Waals surface area contributed by atoms with Gasteiger partial charge >= 0.3 is 5.97 Å². The molecule has 0 spiro atoms. The number of hydrogen-bond donors (Lipinski definition) is 2. The fraction of sp³-hybridized carbons (Fsp3) is 0.515. The average Bonchev–Trinajstić information content (AvgIpc) is 3.30. The number of carbonyl (C=O) groups excluding carboxylic acids is 1. The molecule has 0 unspecified atom stereocenters. The normalized spacial score (nSPS) is 15.2. The number of fused-ring (bicyclic) bond motifs is 1. The minimum atomic E-state index is -0.848. The van der Waals surface area contributed by atoms with Gasteiger partial charge in [-0.3, -0.25) is 15.0 Å². The monoisotopic (exact) mass is 608 g/mol. The summed E-state index contributed by atoms with van der Waals surface area (Å²) in [4.78, 5) is 28.5. The molecule has 10 nitrogen and oxygen atoms in total. The van der Waals surface area contributed by atoms with E-state index in [0.29, 0.717) is 62.3 Å². The van der Waals surface area contributed by atoms with E-state index in [1.54, 1.807) is 6.07 Å². The van der Waals surface area contributed by atoms with Crippen molar-refractivity contribution in [1.29, 1.82) is 10.7 Å². The lowest BCUT2D eigenvalue weighted by molar-refractivity contribution is -0.137. The van der Waals surface area contributed by atoms with Crippen LogP contribution in [0.4, 0.5) is 10.1 Å². The summed E-state index contributed by atoms with van der Waals surface area (Å²) < 4.78 is 32.1. The predicted molar refractivity (Wildman–Crippen MR) is 164 cm³/mol. The van der Waals surface area contributed by atoms with Crippen LogP contribution in [0.5, 0.6) is 17.2 Å². The Morgan fingerprint density at radius 3 is 2.41 bits per heavy atom. The zero-order valence-corrected chi connectivity index (χ0v) is 26.1. The molecule has 1 saturated heterocycles. The maximum Gasteiger partial charge on any atom is 0.303 e. The van der Waals surface area contributed by atoms with E-state index < -0.39 is 17.2 Å². The first-order valence-electron chi connectivity index (χ1n) is 14.9. The molecule has 2 aromatic carbocycles. The van der Waals surface area contributed by atoms with Gasteiger partial charge in [-0.2, -0.15) is 5.26 Å². The third-order valence-corrected chi connectivity index (χ3v) is 8.19. The number of piperidine rings is 1. The van der Waals surface area contributed by atoms with Crippen LogP contribution in [0.15, 0.2) is 18.2 Å². The highest BCUT2D eigenvalue weighted by atomic mass is 19.1. The largest absolute Gasteiger partial charge is 0.493 e. The highest BCUT2D eigenvalue weighted by molar-refractivity contribution is 6.06. The summed E-state index contributed by atoms with van der Waals surface area (Å²) in [5.41, 5.74) is 2.28. The molecule has 236 valence electrons. The quantitative estimate of drug-likeness (QED) is 0.235. The summed E-state index contributed by atoms with van der Waals surface area (Å²) in [6, 6.07) is 7.64. The lowest BCUT2D eigenvalue weighted by Crippen LogP contribution is -2.34. The number of nitrogens with one attached hydrogen (secondary N) is 1. The molecule has 4 rings (SSSR count). The second-order valence-corrected chi connectivity index (χ2v) is 12.3. The third-order valence-electron chi connectivity index (χ3n) is 8.19. The van der Waals surface area contributed by atoms with Gasteiger partial charge in [-0.1, -0.05) is 20.8 Å². The zero-order valence-electron chi connectivity index (χ0n) is 26.1. The van der Waals surface area contributed by atoms with Gasteiger partial charge in [0.25, 0.3) is 0 Å². The molecule has 0 bridgehead atoms. The molecule has 2 aromatic rings. The van der Waals surface area contributed by atoms with Crippen LogP contribution in [0.3, 0.4) is 0 Å². The van der Waals surface area contributed by atoms with Gasteiger partial charge in [0.1, 0.15) is 11.6 Å². The van der Waals surface area contributed by atoms with Crippen molar-refractivity contribution in [3.05, 3.63) is 46.3 Å². The molecule has 2 N–H and O–H groups in total. The minimum absolute atomic E-state index is 0.0287. The van der Waals surface area contributed by atoms with Crippen LogP contribution < -0.4 is 19.1 Å². The predicted octanol–water partition coefficient (Wildman–Crippen LogP) is 5.54. The number of methoxy groups -OCH3 is 2. The molecule has 0 amide bonds. The first-order chi connectivity index (χ1) is 20.9. The summed E-state index contributed by atoms with van der Waals surface area (Å²) >= 11 is 0. The van der Waals surface area contributed by atoms with E-state index in [1.165, 1.54) is 19.1 Å². The summed E-state index contributed by atoms with van der Waals surface area (Å²) in [6.07, 6.45) is 2.51. The van der Waals surface area contributed by atoms with E-state index in [4.69, 9.17) is 24.7 Å². The van der Waals surface area contributed by atoms with E-state index in [-0.39, 0.29) is 54.1 Å². The lowest BCUT2D eigenvalue weighted by atomic mass is 9.84. The number of benzene rings is 2. The summed E-state index contributed by atoms with van der Waals surface area (Å²) in [7, 11) is 2.76. The highest BCUT2D eigenvalue weighted by Crippen LogP contribution is 2.42. The molecular weight excluding hydrogens is 567 g/mol. The number of ether oxygens (including phenoxy) is 3. The number of Topliss-reactive ketones (excluding diaryl/α,β-unsaturated/α-hetero) is 1. The van der Waals surface area contributed by atoms with Gasteiger partial charge in [0, 0.05) is 43.1 Å². The number of nitrogens with zero attached hydrogens (tertiary/aromatic N) is 3. The first-order valence-corrected chi connectivity index (χ1v) is 14.9. The Morgan fingerprint density at radius 1 is 1.11 bits per heavy atom. The summed E-state index contributed by atoms with van der Waals surface area (Å²) in [6.45, 7) is 7.74. The molecule has 0 atom stereocenters. The maximum atomic E-state index is 15.3. The van der Waals surface area contributed by atoms with Crippen LogP contribution in [-0.2, 0) is 16.8 Å². The van der Waals surface area contributed by atoms with Gasteiger partial charge in [-0.25, -0.2) is 4.39 Å². The highest BCUT2D eigenvalue weighted by Gasteiger charge is 2.34. The van der Waals surface area contributed by atoms with Crippen LogP contribution >= 0.6 is 0 Å². The number of halogens is 1. The Labute approximate surface area is 257 Å². The fourth-order valence-electron chi connectivity index (χ4n) is 5.74. The number of aliphatic carboxylic acids is 1. The van der Waals surface area contributed by atoms with Crippen molar-refractivity contribution in [3.63, 3.8) is 0 Å². The molecule has 0 aliphatic carbocycles. The van der Waals surface area contributed by atoms with Crippen LogP contribution in [0.2, 0.25) is 0 Å². The van der Waals surface area contributed by atoms with E-state index in [9.17, 15) is 14.9 Å². The van der Waals surface area contributed by atoms with Gasteiger partial charge in [-0.15, -0.1) is 0 Å². The van der Waals surface area contributed by atoms with Gasteiger partial charge < -0.3 is 29.1 Å². The Kier molecular flexibility index (Phi) is 10.0. The average molecular weight is 609 g/mol. The molecule has 1 fully saturated rings. The molecule has 0 saturated carbocycles. The molecular formula is C33H41FN4O6. The zero-order chi connectivity index (χ0) is 32.2. The maximum absolute atomic E-state index is 15.3. The number of hydrogen-bond acceptors (Lipinski definition) is 8. The molecule has 44 heavy (non-hydrogen) atoms. The van der Waals surface area contributed by atoms with Crippen molar-refractivity contribution in [2.24, 2.45) is 5.92 Å². The molecule has 0 radical (unpaired) electrons. The number of unbranched alkanes of at least 4 members (excludes halogenated alkanes) is 1. The van der Waals surface area contributed by atoms with Gasteiger partial charge in [0.05, 0.1) is 44.7 Å². The fourth-order valence-corrected chi connectivity index (χ4v) is 5.74. The van der Waals surface area contributed by atoms with Crippen LogP contribution in [0, 0.1) is 28.5 Å². The number of carboxylic acid groups (broad SMARTS) is 1. The number of nitriles is 1. The van der Waals surface area contributed by atoms with Crippen molar-refractivity contribution in [2.75, 3.05) is 45.4 Å². The number of carboxylic acids is 1. The number of amidine groups is 1. The Hall–Kier alpha value is -4.33. The van der Waals surface area contributed by atoms with Crippen LogP contribution in [0.1, 0.15) is 79.9 Å². The van der Waals surface area contributed by atoms with Gasteiger partial charge in [0.15, 0.2) is 23.1 Å². The Morgan fingerprint density at radius 2 is 1.82 bits per heavy atom. The van der Waals surface area contributed by atoms with E-state index in [0.717, 1.165) is 11.3 Å². The Balaban J connectivity index is 1.66. The molecule has 0 aromatic heterocycles.